The van der Waals surface area contributed by atoms with Crippen molar-refractivity contribution in [1.29, 1.82) is 0 Å². The molecule has 0 spiro atoms. The lowest BCUT2D eigenvalue weighted by atomic mass is 10.0. The Hall–Kier alpha value is -0.670. The van der Waals surface area contributed by atoms with Crippen LogP contribution in [0.5, 0.6) is 0 Å². The molecular weight excluding hydrogens is 240 g/mol. The Morgan fingerprint density at radius 1 is 1.33 bits per heavy atom. The molecule has 1 aromatic carbocycles. The lowest BCUT2D eigenvalue weighted by molar-refractivity contribution is 0.585. The van der Waals surface area contributed by atoms with Crippen LogP contribution in [0.25, 0.3) is 0 Å². The first-order valence-corrected chi connectivity index (χ1v) is 8.17. The zero-order valence-electron chi connectivity index (χ0n) is 11.4. The second kappa shape index (κ2) is 6.48. The Bertz CT molecular complexity index is 373. The van der Waals surface area contributed by atoms with Crippen LogP contribution >= 0.6 is 11.8 Å². The van der Waals surface area contributed by atoms with Gasteiger partial charge >= 0.3 is 0 Å². The van der Waals surface area contributed by atoms with E-state index in [0.29, 0.717) is 0 Å². The van der Waals surface area contributed by atoms with Gasteiger partial charge in [0.25, 0.3) is 0 Å². The minimum absolute atomic E-state index is 0.166. The van der Waals surface area contributed by atoms with E-state index in [1.54, 1.807) is 0 Å². The van der Waals surface area contributed by atoms with Gasteiger partial charge in [0.1, 0.15) is 0 Å². The number of anilines is 1. The van der Waals surface area contributed by atoms with Crippen LogP contribution in [0.3, 0.4) is 0 Å². The molecule has 100 valence electrons. The molecule has 1 atom stereocenters. The zero-order chi connectivity index (χ0) is 13.0. The summed E-state index contributed by atoms with van der Waals surface area (Å²) >= 11 is 2.01. The van der Waals surface area contributed by atoms with Crippen LogP contribution in [0.1, 0.15) is 37.8 Å². The molecule has 0 aliphatic carbocycles. The molecule has 0 radical (unpaired) electrons. The van der Waals surface area contributed by atoms with Gasteiger partial charge in [-0.25, -0.2) is 0 Å². The molecule has 18 heavy (non-hydrogen) atoms. The predicted octanol–water partition coefficient (Wildman–Crippen LogP) is 3.43. The highest BCUT2D eigenvalue weighted by Gasteiger charge is 2.21. The van der Waals surface area contributed by atoms with E-state index in [2.05, 4.69) is 42.3 Å². The molecule has 2 nitrogen and oxygen atoms in total. The maximum atomic E-state index is 6.22. The molecule has 1 fully saturated rings. The number of rotatable bonds is 4. The van der Waals surface area contributed by atoms with Gasteiger partial charge in [-0.15, -0.1) is 0 Å². The van der Waals surface area contributed by atoms with Gasteiger partial charge < -0.3 is 10.6 Å². The van der Waals surface area contributed by atoms with E-state index in [-0.39, 0.29) is 6.04 Å². The maximum absolute atomic E-state index is 6.22. The smallest absolute Gasteiger partial charge is 0.0414 e. The predicted molar refractivity (Wildman–Crippen MR) is 82.4 cm³/mol. The van der Waals surface area contributed by atoms with Gasteiger partial charge in [-0.1, -0.05) is 25.1 Å². The van der Waals surface area contributed by atoms with Gasteiger partial charge in [-0.3, -0.25) is 0 Å². The van der Waals surface area contributed by atoms with E-state index in [1.165, 1.54) is 37.2 Å². The topological polar surface area (TPSA) is 29.3 Å². The largest absolute Gasteiger partial charge is 0.371 e. The molecule has 0 amide bonds. The Kier molecular flexibility index (Phi) is 4.95. The van der Waals surface area contributed by atoms with Crippen molar-refractivity contribution in [2.75, 3.05) is 24.2 Å². The number of hydrogen-bond donors (Lipinski definition) is 1. The Balaban J connectivity index is 2.13. The van der Waals surface area contributed by atoms with E-state index in [1.807, 2.05) is 11.8 Å². The van der Waals surface area contributed by atoms with Crippen LogP contribution in [-0.2, 0) is 0 Å². The van der Waals surface area contributed by atoms with E-state index < -0.39 is 0 Å². The van der Waals surface area contributed by atoms with E-state index >= 15 is 0 Å². The molecule has 1 heterocycles. The molecule has 1 unspecified atom stereocenters. The summed E-state index contributed by atoms with van der Waals surface area (Å²) in [5.41, 5.74) is 8.89. The number of piperidine rings is 1. The number of benzene rings is 1. The van der Waals surface area contributed by atoms with Crippen molar-refractivity contribution < 1.29 is 0 Å². The van der Waals surface area contributed by atoms with Crippen LogP contribution in [0.4, 0.5) is 5.69 Å². The second-order valence-electron chi connectivity index (χ2n) is 5.00. The summed E-state index contributed by atoms with van der Waals surface area (Å²) in [6.45, 7) is 4.49. The third-order valence-corrected chi connectivity index (χ3v) is 5.03. The molecule has 0 bridgehead atoms. The lowest BCUT2D eigenvalue weighted by Gasteiger charge is -2.35. The average Bonchev–Trinajstić information content (AvgIpc) is 2.46. The number of hydrogen-bond acceptors (Lipinski definition) is 3. The van der Waals surface area contributed by atoms with Crippen molar-refractivity contribution >= 4 is 17.4 Å². The van der Waals surface area contributed by atoms with Gasteiger partial charge in [-0.05, 0) is 37.1 Å². The average molecular weight is 264 g/mol. The first-order valence-electron chi connectivity index (χ1n) is 6.88. The number of nitrogens with two attached hydrogens (primary N) is 1. The van der Waals surface area contributed by atoms with Crippen LogP contribution in [0.15, 0.2) is 24.3 Å². The lowest BCUT2D eigenvalue weighted by Crippen LogP contribution is -2.35. The Morgan fingerprint density at radius 2 is 2.00 bits per heavy atom. The maximum Gasteiger partial charge on any atom is 0.0414 e. The van der Waals surface area contributed by atoms with Crippen molar-refractivity contribution in [1.82, 2.24) is 0 Å². The molecular formula is C15H24N2S. The number of thioether (sulfide) groups is 1. The van der Waals surface area contributed by atoms with E-state index in [0.717, 1.165) is 11.7 Å². The highest BCUT2D eigenvalue weighted by atomic mass is 32.2. The summed E-state index contributed by atoms with van der Waals surface area (Å²) in [7, 11) is 0. The molecule has 1 aromatic rings. The van der Waals surface area contributed by atoms with Crippen molar-refractivity contribution in [3.05, 3.63) is 29.8 Å². The first-order chi connectivity index (χ1) is 8.76. The summed E-state index contributed by atoms with van der Waals surface area (Å²) in [5, 5.41) is 0.841. The van der Waals surface area contributed by atoms with Gasteiger partial charge in [0.15, 0.2) is 0 Å². The summed E-state index contributed by atoms with van der Waals surface area (Å²) in [4.78, 5) is 2.51. The third-order valence-electron chi connectivity index (χ3n) is 3.89. The monoisotopic (exact) mass is 264 g/mol. The van der Waals surface area contributed by atoms with Crippen molar-refractivity contribution in [2.24, 2.45) is 5.73 Å². The number of para-hydroxylation sites is 1. The summed E-state index contributed by atoms with van der Waals surface area (Å²) < 4.78 is 0. The minimum Gasteiger partial charge on any atom is -0.371 e. The van der Waals surface area contributed by atoms with Crippen LogP contribution in [0.2, 0.25) is 0 Å². The normalized spacial score (nSPS) is 18.9. The molecule has 1 aliphatic rings. The SMILES string of the molecule is CCC(N)c1ccccc1N1CCC(SC)CC1. The van der Waals surface area contributed by atoms with Crippen molar-refractivity contribution in [2.45, 2.75) is 37.5 Å². The highest BCUT2D eigenvalue weighted by molar-refractivity contribution is 7.99. The third kappa shape index (κ3) is 3.01. The fraction of sp³-hybridized carbons (Fsp3) is 0.600. The molecule has 2 rings (SSSR count). The quantitative estimate of drug-likeness (QED) is 0.903. The van der Waals surface area contributed by atoms with Crippen molar-refractivity contribution in [3.8, 4) is 0 Å². The van der Waals surface area contributed by atoms with E-state index in [9.17, 15) is 0 Å². The molecule has 0 saturated carbocycles. The van der Waals surface area contributed by atoms with Gasteiger partial charge in [0, 0.05) is 30.1 Å². The van der Waals surface area contributed by atoms with Crippen LogP contribution in [0, 0.1) is 0 Å². The second-order valence-corrected chi connectivity index (χ2v) is 6.13. The summed E-state index contributed by atoms with van der Waals surface area (Å²) in [6, 6.07) is 8.80. The standard InChI is InChI=1S/C15H24N2S/c1-3-14(16)13-6-4-5-7-15(13)17-10-8-12(18-2)9-11-17/h4-7,12,14H,3,8-11,16H2,1-2H3. The molecule has 2 N–H and O–H groups in total. The van der Waals surface area contributed by atoms with E-state index in [4.69, 9.17) is 5.73 Å². The number of nitrogens with zero attached hydrogens (tertiary/aromatic N) is 1. The van der Waals surface area contributed by atoms with Gasteiger partial charge in [0.2, 0.25) is 0 Å². The summed E-state index contributed by atoms with van der Waals surface area (Å²) in [5.74, 6) is 0. The van der Waals surface area contributed by atoms with Crippen molar-refractivity contribution in [3.63, 3.8) is 0 Å². The minimum atomic E-state index is 0.166. The van der Waals surface area contributed by atoms with Crippen LogP contribution in [-0.4, -0.2) is 24.6 Å². The molecule has 1 saturated heterocycles. The Labute approximate surface area is 115 Å². The first kappa shape index (κ1) is 13.8. The molecule has 3 heteroatoms. The Morgan fingerprint density at radius 3 is 2.61 bits per heavy atom. The highest BCUT2D eigenvalue weighted by Crippen LogP contribution is 2.30. The fourth-order valence-corrected chi connectivity index (χ4v) is 3.32. The zero-order valence-corrected chi connectivity index (χ0v) is 12.2. The van der Waals surface area contributed by atoms with Gasteiger partial charge in [-0.2, -0.15) is 11.8 Å². The van der Waals surface area contributed by atoms with Crippen LogP contribution < -0.4 is 10.6 Å². The molecule has 1 aliphatic heterocycles. The molecule has 0 aromatic heterocycles. The summed E-state index contributed by atoms with van der Waals surface area (Å²) in [6.07, 6.45) is 5.80. The van der Waals surface area contributed by atoms with Gasteiger partial charge in [0.05, 0.1) is 0 Å². The fourth-order valence-electron chi connectivity index (χ4n) is 2.64.